The Hall–Kier alpha value is -0.0800. The predicted octanol–water partition coefficient (Wildman–Crippen LogP) is 1.73. The molecule has 0 radical (unpaired) electrons. The van der Waals surface area contributed by atoms with Gasteiger partial charge in [0, 0.05) is 5.54 Å². The van der Waals surface area contributed by atoms with Crippen LogP contribution in [0.3, 0.4) is 0 Å². The summed E-state index contributed by atoms with van der Waals surface area (Å²) in [6.07, 6.45) is -0.319. The van der Waals surface area contributed by atoms with Gasteiger partial charge in [-0.3, -0.25) is 0 Å². The Balaban J connectivity index is 4.57. The van der Waals surface area contributed by atoms with E-state index < -0.39 is 0 Å². The maximum absolute atomic E-state index is 10.0. The summed E-state index contributed by atoms with van der Waals surface area (Å²) >= 11 is 0. The van der Waals surface area contributed by atoms with Gasteiger partial charge in [-0.1, -0.05) is 20.8 Å². The third-order valence-electron chi connectivity index (χ3n) is 2.64. The SMILES string of the molecule is CN(C)C(C)(C)C(O)C(C)(C)C. The number of nitrogens with zero attached hydrogens (tertiary/aromatic N) is 1. The first kappa shape index (κ1) is 11.9. The zero-order chi connectivity index (χ0) is 10.2. The highest BCUT2D eigenvalue weighted by Crippen LogP contribution is 2.30. The Morgan fingerprint density at radius 3 is 1.42 bits per heavy atom. The first-order valence-electron chi connectivity index (χ1n) is 4.45. The molecular weight excluding hydrogens is 150 g/mol. The summed E-state index contributed by atoms with van der Waals surface area (Å²) in [4.78, 5) is 2.06. The van der Waals surface area contributed by atoms with Gasteiger partial charge in [-0.15, -0.1) is 0 Å². The Bertz CT molecular complexity index is 144. The van der Waals surface area contributed by atoms with Gasteiger partial charge in [0.2, 0.25) is 0 Å². The van der Waals surface area contributed by atoms with E-state index in [2.05, 4.69) is 39.5 Å². The van der Waals surface area contributed by atoms with Crippen LogP contribution >= 0.6 is 0 Å². The van der Waals surface area contributed by atoms with E-state index in [9.17, 15) is 5.11 Å². The summed E-state index contributed by atoms with van der Waals surface area (Å²) in [7, 11) is 3.99. The van der Waals surface area contributed by atoms with E-state index >= 15 is 0 Å². The smallest absolute Gasteiger partial charge is 0.0766 e. The zero-order valence-electron chi connectivity index (χ0n) is 9.47. The summed E-state index contributed by atoms with van der Waals surface area (Å²) < 4.78 is 0. The summed E-state index contributed by atoms with van der Waals surface area (Å²) in [5.41, 5.74) is -0.230. The molecule has 0 aliphatic heterocycles. The maximum Gasteiger partial charge on any atom is 0.0766 e. The standard InChI is InChI=1S/C10H23NO/c1-9(2,3)8(12)10(4,5)11(6)7/h8,12H,1-7H3. The number of hydrogen-bond acceptors (Lipinski definition) is 2. The van der Waals surface area contributed by atoms with Crippen molar-refractivity contribution >= 4 is 0 Å². The van der Waals surface area contributed by atoms with Gasteiger partial charge in [-0.05, 0) is 33.4 Å². The third-order valence-corrected chi connectivity index (χ3v) is 2.64. The van der Waals surface area contributed by atoms with Crippen molar-refractivity contribution in [1.82, 2.24) is 4.90 Å². The molecular formula is C10H23NO. The minimum atomic E-state index is -0.319. The molecule has 0 heterocycles. The van der Waals surface area contributed by atoms with E-state index in [0.29, 0.717) is 0 Å². The van der Waals surface area contributed by atoms with E-state index in [0.717, 1.165) is 0 Å². The monoisotopic (exact) mass is 173 g/mol. The van der Waals surface area contributed by atoms with Gasteiger partial charge in [0.25, 0.3) is 0 Å². The first-order valence-corrected chi connectivity index (χ1v) is 4.45. The second kappa shape index (κ2) is 3.35. The van der Waals surface area contributed by atoms with Gasteiger partial charge >= 0.3 is 0 Å². The van der Waals surface area contributed by atoms with Crippen LogP contribution in [-0.2, 0) is 0 Å². The molecule has 1 unspecified atom stereocenters. The molecule has 0 aliphatic rings. The fourth-order valence-corrected chi connectivity index (χ4v) is 1.30. The van der Waals surface area contributed by atoms with Crippen molar-refractivity contribution < 1.29 is 5.11 Å². The van der Waals surface area contributed by atoms with Gasteiger partial charge in [-0.2, -0.15) is 0 Å². The van der Waals surface area contributed by atoms with Gasteiger partial charge in [0.1, 0.15) is 0 Å². The normalized spacial score (nSPS) is 16.8. The van der Waals surface area contributed by atoms with Crippen molar-refractivity contribution in [2.75, 3.05) is 14.1 Å². The highest BCUT2D eigenvalue weighted by atomic mass is 16.3. The highest BCUT2D eigenvalue weighted by molar-refractivity contribution is 4.92. The van der Waals surface area contributed by atoms with Crippen LogP contribution in [0.15, 0.2) is 0 Å². The van der Waals surface area contributed by atoms with Crippen molar-refractivity contribution in [2.24, 2.45) is 5.41 Å². The van der Waals surface area contributed by atoms with Crippen LogP contribution in [-0.4, -0.2) is 35.7 Å². The lowest BCUT2D eigenvalue weighted by Crippen LogP contribution is -2.53. The third kappa shape index (κ3) is 2.46. The molecule has 12 heavy (non-hydrogen) atoms. The molecule has 0 aliphatic carbocycles. The number of rotatable bonds is 2. The lowest BCUT2D eigenvalue weighted by atomic mass is 9.78. The summed E-state index contributed by atoms with van der Waals surface area (Å²) in [6, 6.07) is 0. The van der Waals surface area contributed by atoms with Crippen LogP contribution < -0.4 is 0 Å². The molecule has 0 fully saturated rings. The second-order valence-corrected chi connectivity index (χ2v) is 5.32. The van der Waals surface area contributed by atoms with E-state index in [4.69, 9.17) is 0 Å². The van der Waals surface area contributed by atoms with Crippen molar-refractivity contribution in [2.45, 2.75) is 46.3 Å². The number of hydrogen-bond donors (Lipinski definition) is 1. The predicted molar refractivity (Wildman–Crippen MR) is 53.2 cm³/mol. The molecule has 0 aromatic carbocycles. The van der Waals surface area contributed by atoms with E-state index in [1.807, 2.05) is 14.1 Å². The maximum atomic E-state index is 10.0. The van der Waals surface area contributed by atoms with Gasteiger partial charge in [0.15, 0.2) is 0 Å². The van der Waals surface area contributed by atoms with Crippen LogP contribution in [0.5, 0.6) is 0 Å². The zero-order valence-corrected chi connectivity index (χ0v) is 9.47. The Morgan fingerprint density at radius 1 is 1.00 bits per heavy atom. The lowest BCUT2D eigenvalue weighted by molar-refractivity contribution is -0.0489. The summed E-state index contributed by atoms with van der Waals surface area (Å²) in [6.45, 7) is 10.3. The Morgan fingerprint density at radius 2 is 1.33 bits per heavy atom. The number of aliphatic hydroxyl groups is 1. The van der Waals surface area contributed by atoms with Crippen LogP contribution in [0.25, 0.3) is 0 Å². The summed E-state index contributed by atoms with van der Waals surface area (Å²) in [5, 5.41) is 10.0. The van der Waals surface area contributed by atoms with Crippen LogP contribution in [0.2, 0.25) is 0 Å². The minimum Gasteiger partial charge on any atom is -0.391 e. The van der Waals surface area contributed by atoms with Crippen molar-refractivity contribution in [3.05, 3.63) is 0 Å². The molecule has 0 saturated carbocycles. The molecule has 0 aromatic heterocycles. The molecule has 2 heteroatoms. The molecule has 0 bridgehead atoms. The molecule has 0 aromatic rings. The molecule has 0 saturated heterocycles. The average molecular weight is 173 g/mol. The quantitative estimate of drug-likeness (QED) is 0.687. The first-order chi connectivity index (χ1) is 5.10. The molecule has 74 valence electrons. The van der Waals surface area contributed by atoms with Crippen LogP contribution in [0.4, 0.5) is 0 Å². The van der Waals surface area contributed by atoms with Crippen molar-refractivity contribution in [1.29, 1.82) is 0 Å². The topological polar surface area (TPSA) is 23.5 Å². The fraction of sp³-hybridized carbons (Fsp3) is 1.00. The number of likely N-dealkylation sites (N-methyl/N-ethyl adjacent to an activating group) is 1. The van der Waals surface area contributed by atoms with E-state index in [1.54, 1.807) is 0 Å². The highest BCUT2D eigenvalue weighted by Gasteiger charge is 2.37. The van der Waals surface area contributed by atoms with Crippen LogP contribution in [0.1, 0.15) is 34.6 Å². The van der Waals surface area contributed by atoms with Crippen molar-refractivity contribution in [3.63, 3.8) is 0 Å². The van der Waals surface area contributed by atoms with Crippen LogP contribution in [0, 0.1) is 5.41 Å². The Labute approximate surface area is 76.6 Å². The molecule has 0 rings (SSSR count). The average Bonchev–Trinajstić information content (AvgIpc) is 1.83. The largest absolute Gasteiger partial charge is 0.391 e. The number of aliphatic hydroxyl groups excluding tert-OH is 1. The molecule has 0 spiro atoms. The van der Waals surface area contributed by atoms with Gasteiger partial charge in [-0.25, -0.2) is 0 Å². The fourth-order valence-electron chi connectivity index (χ4n) is 1.30. The van der Waals surface area contributed by atoms with Crippen molar-refractivity contribution in [3.8, 4) is 0 Å². The minimum absolute atomic E-state index is 0.0617. The summed E-state index contributed by atoms with van der Waals surface area (Å²) in [5.74, 6) is 0. The molecule has 2 nitrogen and oxygen atoms in total. The molecule has 1 atom stereocenters. The molecule has 1 N–H and O–H groups in total. The lowest BCUT2D eigenvalue weighted by Gasteiger charge is -2.43. The van der Waals surface area contributed by atoms with E-state index in [-0.39, 0.29) is 17.1 Å². The van der Waals surface area contributed by atoms with Gasteiger partial charge in [0.05, 0.1) is 6.10 Å². The van der Waals surface area contributed by atoms with E-state index in [1.165, 1.54) is 0 Å². The second-order valence-electron chi connectivity index (χ2n) is 5.32. The molecule has 0 amide bonds. The van der Waals surface area contributed by atoms with Gasteiger partial charge < -0.3 is 10.0 Å². The Kier molecular flexibility index (Phi) is 3.32.